The predicted octanol–water partition coefficient (Wildman–Crippen LogP) is 3.60. The topological polar surface area (TPSA) is 75.6 Å². The van der Waals surface area contributed by atoms with Gasteiger partial charge in [0.05, 0.1) is 24.3 Å². The number of para-hydroxylation sites is 2. The van der Waals surface area contributed by atoms with E-state index in [0.717, 1.165) is 0 Å². The van der Waals surface area contributed by atoms with E-state index in [1.165, 1.54) is 12.1 Å². The Hall–Kier alpha value is -2.82. The summed E-state index contributed by atoms with van der Waals surface area (Å²) in [5, 5.41) is 11.8. The second-order valence-corrected chi connectivity index (χ2v) is 5.93. The van der Waals surface area contributed by atoms with Crippen molar-refractivity contribution in [2.45, 2.75) is 20.3 Å². The predicted molar refractivity (Wildman–Crippen MR) is 92.5 cm³/mol. The highest BCUT2D eigenvalue weighted by molar-refractivity contribution is 5.94. The summed E-state index contributed by atoms with van der Waals surface area (Å²) < 4.78 is 5.71. The Morgan fingerprint density at radius 1 is 1.12 bits per heavy atom. The van der Waals surface area contributed by atoms with Gasteiger partial charge in [-0.2, -0.15) is 0 Å². The van der Waals surface area contributed by atoms with Crippen molar-refractivity contribution in [3.63, 3.8) is 0 Å². The number of hydrogen-bond donors (Lipinski definition) is 2. The lowest BCUT2D eigenvalue weighted by Gasteiger charge is -2.14. The van der Waals surface area contributed by atoms with Crippen molar-refractivity contribution in [2.75, 3.05) is 11.9 Å². The van der Waals surface area contributed by atoms with Crippen molar-refractivity contribution in [2.24, 2.45) is 5.92 Å². The number of anilines is 1. The van der Waals surface area contributed by atoms with Gasteiger partial charge in [0.25, 0.3) is 0 Å². The van der Waals surface area contributed by atoms with Crippen LogP contribution in [0.3, 0.4) is 0 Å². The lowest BCUT2D eigenvalue weighted by atomic mass is 10.1. The van der Waals surface area contributed by atoms with Crippen LogP contribution in [0.2, 0.25) is 0 Å². The Bertz CT molecular complexity index is 725. The molecular weight excluding hydrogens is 306 g/mol. The summed E-state index contributed by atoms with van der Waals surface area (Å²) in [5.41, 5.74) is 1.42. The summed E-state index contributed by atoms with van der Waals surface area (Å²) in [6, 6.07) is 13.6. The van der Waals surface area contributed by atoms with Crippen molar-refractivity contribution in [3.8, 4) is 5.75 Å². The molecule has 0 fully saturated rings. The van der Waals surface area contributed by atoms with Crippen LogP contribution in [0.4, 0.5) is 5.69 Å². The summed E-state index contributed by atoms with van der Waals surface area (Å²) in [5.74, 6) is -0.228. The van der Waals surface area contributed by atoms with Crippen LogP contribution in [0.1, 0.15) is 29.8 Å². The molecule has 0 aromatic heterocycles. The third kappa shape index (κ3) is 5.12. The summed E-state index contributed by atoms with van der Waals surface area (Å²) in [4.78, 5) is 23.2. The lowest BCUT2D eigenvalue weighted by Crippen LogP contribution is -2.16. The molecule has 5 nitrogen and oxygen atoms in total. The molecule has 126 valence electrons. The van der Waals surface area contributed by atoms with Crippen molar-refractivity contribution in [3.05, 3.63) is 59.7 Å². The molecule has 0 aliphatic rings. The highest BCUT2D eigenvalue weighted by Gasteiger charge is 2.10. The molecule has 2 N–H and O–H groups in total. The summed E-state index contributed by atoms with van der Waals surface area (Å²) >= 11 is 0. The van der Waals surface area contributed by atoms with Gasteiger partial charge >= 0.3 is 5.97 Å². The summed E-state index contributed by atoms with van der Waals surface area (Å²) in [7, 11) is 0. The molecule has 1 amide bonds. The summed E-state index contributed by atoms with van der Waals surface area (Å²) in [6.45, 7) is 4.67. The second-order valence-electron chi connectivity index (χ2n) is 5.93. The normalized spacial score (nSPS) is 10.5. The zero-order valence-corrected chi connectivity index (χ0v) is 13.8. The fourth-order valence-electron chi connectivity index (χ4n) is 2.15. The number of carboxylic acid groups (broad SMARTS) is 1. The molecule has 0 radical (unpaired) electrons. The van der Waals surface area contributed by atoms with Crippen LogP contribution in [-0.2, 0) is 11.2 Å². The van der Waals surface area contributed by atoms with Gasteiger partial charge in [-0.15, -0.1) is 0 Å². The number of carbonyl (C=O) groups excluding carboxylic acids is 1. The van der Waals surface area contributed by atoms with E-state index < -0.39 is 5.97 Å². The van der Waals surface area contributed by atoms with Gasteiger partial charge in [0.2, 0.25) is 5.91 Å². The summed E-state index contributed by atoms with van der Waals surface area (Å²) in [6.07, 6.45) is 0.0969. The Morgan fingerprint density at radius 2 is 1.88 bits per heavy atom. The van der Waals surface area contributed by atoms with Gasteiger partial charge in [-0.1, -0.05) is 38.1 Å². The molecule has 0 saturated heterocycles. The standard InChI is InChI=1S/C19H21NO4/c1-13(2)12-24-17-9-4-3-8-16(17)20-18(21)11-14-6-5-7-15(10-14)19(22)23/h3-10,13H,11-12H2,1-2H3,(H,20,21)(H,22,23). The highest BCUT2D eigenvalue weighted by Crippen LogP contribution is 2.24. The monoisotopic (exact) mass is 327 g/mol. The van der Waals surface area contributed by atoms with E-state index in [1.807, 2.05) is 18.2 Å². The number of amides is 1. The maximum absolute atomic E-state index is 12.2. The third-order valence-electron chi connectivity index (χ3n) is 3.27. The maximum atomic E-state index is 12.2. The van der Waals surface area contributed by atoms with Crippen LogP contribution in [0.25, 0.3) is 0 Å². The molecule has 2 rings (SSSR count). The fourth-order valence-corrected chi connectivity index (χ4v) is 2.15. The quantitative estimate of drug-likeness (QED) is 0.815. The first-order chi connectivity index (χ1) is 11.5. The molecule has 0 saturated carbocycles. The van der Waals surface area contributed by atoms with E-state index in [0.29, 0.717) is 29.5 Å². The van der Waals surface area contributed by atoms with Crippen LogP contribution in [0, 0.1) is 5.92 Å². The number of nitrogens with one attached hydrogen (secondary N) is 1. The number of hydrogen-bond acceptors (Lipinski definition) is 3. The third-order valence-corrected chi connectivity index (χ3v) is 3.27. The van der Waals surface area contributed by atoms with E-state index >= 15 is 0 Å². The Labute approximate surface area is 141 Å². The molecule has 0 aliphatic heterocycles. The van der Waals surface area contributed by atoms with Gasteiger partial charge in [-0.3, -0.25) is 4.79 Å². The Morgan fingerprint density at radius 3 is 2.58 bits per heavy atom. The van der Waals surface area contributed by atoms with E-state index in [9.17, 15) is 9.59 Å². The van der Waals surface area contributed by atoms with Crippen LogP contribution in [0.5, 0.6) is 5.75 Å². The number of carbonyl (C=O) groups is 2. The van der Waals surface area contributed by atoms with Crippen molar-refractivity contribution in [1.82, 2.24) is 0 Å². The lowest BCUT2D eigenvalue weighted by molar-refractivity contribution is -0.115. The average molecular weight is 327 g/mol. The zero-order chi connectivity index (χ0) is 17.5. The Kier molecular flexibility index (Phi) is 5.95. The second kappa shape index (κ2) is 8.15. The Balaban J connectivity index is 2.05. The molecule has 0 atom stereocenters. The molecule has 2 aromatic carbocycles. The van der Waals surface area contributed by atoms with Crippen molar-refractivity contribution >= 4 is 17.6 Å². The zero-order valence-electron chi connectivity index (χ0n) is 13.8. The van der Waals surface area contributed by atoms with Gasteiger partial charge in [-0.05, 0) is 35.7 Å². The molecule has 5 heteroatoms. The van der Waals surface area contributed by atoms with Gasteiger partial charge in [0, 0.05) is 0 Å². The number of benzene rings is 2. The van der Waals surface area contributed by atoms with Crippen LogP contribution < -0.4 is 10.1 Å². The minimum atomic E-state index is -1.01. The molecular formula is C19H21NO4. The van der Waals surface area contributed by atoms with Gasteiger partial charge in [0.15, 0.2) is 0 Å². The van der Waals surface area contributed by atoms with E-state index in [-0.39, 0.29) is 17.9 Å². The molecule has 0 spiro atoms. The van der Waals surface area contributed by atoms with Gasteiger partial charge in [0.1, 0.15) is 5.75 Å². The first kappa shape index (κ1) is 17.5. The molecule has 0 aliphatic carbocycles. The number of carboxylic acids is 1. The van der Waals surface area contributed by atoms with Crippen molar-refractivity contribution < 1.29 is 19.4 Å². The first-order valence-corrected chi connectivity index (χ1v) is 7.79. The first-order valence-electron chi connectivity index (χ1n) is 7.79. The largest absolute Gasteiger partial charge is 0.491 e. The van der Waals surface area contributed by atoms with Crippen LogP contribution >= 0.6 is 0 Å². The molecule has 0 heterocycles. The van der Waals surface area contributed by atoms with Gasteiger partial charge in [-0.25, -0.2) is 4.79 Å². The number of aromatic carboxylic acids is 1. The SMILES string of the molecule is CC(C)COc1ccccc1NC(=O)Cc1cccc(C(=O)O)c1. The van der Waals surface area contributed by atoms with Gasteiger partial charge < -0.3 is 15.2 Å². The van der Waals surface area contributed by atoms with Crippen LogP contribution in [-0.4, -0.2) is 23.6 Å². The molecule has 2 aromatic rings. The minimum Gasteiger partial charge on any atom is -0.491 e. The van der Waals surface area contributed by atoms with E-state index in [4.69, 9.17) is 9.84 Å². The smallest absolute Gasteiger partial charge is 0.335 e. The van der Waals surface area contributed by atoms with E-state index in [1.54, 1.807) is 18.2 Å². The maximum Gasteiger partial charge on any atom is 0.335 e. The van der Waals surface area contributed by atoms with E-state index in [2.05, 4.69) is 19.2 Å². The average Bonchev–Trinajstić information content (AvgIpc) is 2.54. The molecule has 0 unspecified atom stereocenters. The minimum absolute atomic E-state index is 0.0969. The van der Waals surface area contributed by atoms with Crippen molar-refractivity contribution in [1.29, 1.82) is 0 Å². The number of ether oxygens (including phenoxy) is 1. The van der Waals surface area contributed by atoms with Crippen LogP contribution in [0.15, 0.2) is 48.5 Å². The molecule has 24 heavy (non-hydrogen) atoms. The fraction of sp³-hybridized carbons (Fsp3) is 0.263. The highest BCUT2D eigenvalue weighted by atomic mass is 16.5. The molecule has 0 bridgehead atoms. The number of rotatable bonds is 7.